The SMILES string of the molecule is CC(C)c1ccc(C(N)CC(=O)O)cc1Cl. The lowest BCUT2D eigenvalue weighted by Crippen LogP contribution is -2.15. The number of hydrogen-bond acceptors (Lipinski definition) is 2. The highest BCUT2D eigenvalue weighted by Gasteiger charge is 2.13. The monoisotopic (exact) mass is 241 g/mol. The molecule has 88 valence electrons. The number of carboxylic acids is 1. The fourth-order valence-electron chi connectivity index (χ4n) is 1.55. The molecule has 0 spiro atoms. The van der Waals surface area contributed by atoms with E-state index in [0.717, 1.165) is 11.1 Å². The normalized spacial score (nSPS) is 12.8. The van der Waals surface area contributed by atoms with Gasteiger partial charge in [-0.05, 0) is 23.1 Å². The molecular formula is C12H16ClNO2. The van der Waals surface area contributed by atoms with Crippen LogP contribution >= 0.6 is 11.6 Å². The number of carboxylic acid groups (broad SMARTS) is 1. The molecule has 4 heteroatoms. The quantitative estimate of drug-likeness (QED) is 0.852. The lowest BCUT2D eigenvalue weighted by Gasteiger charge is -2.13. The van der Waals surface area contributed by atoms with Crippen LogP contribution in [0.25, 0.3) is 0 Å². The molecule has 1 unspecified atom stereocenters. The summed E-state index contributed by atoms with van der Waals surface area (Å²) in [6.07, 6.45) is -0.0860. The van der Waals surface area contributed by atoms with Crippen LogP contribution in [0.15, 0.2) is 18.2 Å². The Labute approximate surface area is 100 Å². The van der Waals surface area contributed by atoms with E-state index in [4.69, 9.17) is 22.4 Å². The highest BCUT2D eigenvalue weighted by molar-refractivity contribution is 6.31. The van der Waals surface area contributed by atoms with Crippen molar-refractivity contribution in [1.29, 1.82) is 0 Å². The van der Waals surface area contributed by atoms with Gasteiger partial charge in [-0.15, -0.1) is 0 Å². The number of halogens is 1. The van der Waals surface area contributed by atoms with E-state index >= 15 is 0 Å². The fourth-order valence-corrected chi connectivity index (χ4v) is 1.96. The van der Waals surface area contributed by atoms with Crippen LogP contribution in [0.2, 0.25) is 5.02 Å². The van der Waals surface area contributed by atoms with E-state index in [1.54, 1.807) is 6.07 Å². The summed E-state index contributed by atoms with van der Waals surface area (Å²) < 4.78 is 0. The summed E-state index contributed by atoms with van der Waals surface area (Å²) in [5, 5.41) is 9.29. The molecule has 1 rings (SSSR count). The van der Waals surface area contributed by atoms with Crippen LogP contribution in [-0.4, -0.2) is 11.1 Å². The second kappa shape index (κ2) is 5.32. The maximum absolute atomic E-state index is 10.5. The summed E-state index contributed by atoms with van der Waals surface area (Å²) in [6, 6.07) is 5.00. The Balaban J connectivity index is 2.92. The molecule has 3 nitrogen and oxygen atoms in total. The first-order valence-corrected chi connectivity index (χ1v) is 5.56. The molecule has 0 amide bonds. The lowest BCUT2D eigenvalue weighted by atomic mass is 9.98. The van der Waals surface area contributed by atoms with Crippen molar-refractivity contribution in [2.24, 2.45) is 5.73 Å². The zero-order valence-electron chi connectivity index (χ0n) is 9.40. The van der Waals surface area contributed by atoms with E-state index < -0.39 is 12.0 Å². The van der Waals surface area contributed by atoms with Crippen molar-refractivity contribution in [3.8, 4) is 0 Å². The molecular weight excluding hydrogens is 226 g/mol. The summed E-state index contributed by atoms with van der Waals surface area (Å²) in [6.45, 7) is 4.11. The van der Waals surface area contributed by atoms with E-state index in [9.17, 15) is 4.79 Å². The second-order valence-electron chi connectivity index (χ2n) is 4.14. The third-order valence-corrected chi connectivity index (χ3v) is 2.80. The first kappa shape index (κ1) is 13.0. The summed E-state index contributed by atoms with van der Waals surface area (Å²) in [4.78, 5) is 10.5. The number of hydrogen-bond donors (Lipinski definition) is 2. The van der Waals surface area contributed by atoms with Crippen molar-refractivity contribution in [2.75, 3.05) is 0 Å². The van der Waals surface area contributed by atoms with Gasteiger partial charge < -0.3 is 10.8 Å². The average molecular weight is 242 g/mol. The Morgan fingerprint density at radius 1 is 1.50 bits per heavy atom. The summed E-state index contributed by atoms with van der Waals surface area (Å²) >= 11 is 6.10. The molecule has 0 heterocycles. The smallest absolute Gasteiger partial charge is 0.305 e. The largest absolute Gasteiger partial charge is 0.481 e. The summed E-state index contributed by atoms with van der Waals surface area (Å²) in [5.74, 6) is -0.561. The molecule has 1 atom stereocenters. The highest BCUT2D eigenvalue weighted by atomic mass is 35.5. The minimum Gasteiger partial charge on any atom is -0.481 e. The molecule has 0 aliphatic heterocycles. The number of nitrogens with two attached hydrogens (primary N) is 1. The van der Waals surface area contributed by atoms with Gasteiger partial charge in [0.2, 0.25) is 0 Å². The first-order valence-electron chi connectivity index (χ1n) is 5.18. The van der Waals surface area contributed by atoms with Crippen molar-refractivity contribution in [3.05, 3.63) is 34.3 Å². The van der Waals surface area contributed by atoms with Gasteiger partial charge in [-0.3, -0.25) is 4.79 Å². The minimum atomic E-state index is -0.906. The molecule has 3 N–H and O–H groups in total. The Morgan fingerprint density at radius 2 is 2.12 bits per heavy atom. The zero-order chi connectivity index (χ0) is 12.3. The van der Waals surface area contributed by atoms with E-state index in [2.05, 4.69) is 13.8 Å². The van der Waals surface area contributed by atoms with Gasteiger partial charge in [0.15, 0.2) is 0 Å². The van der Waals surface area contributed by atoms with Gasteiger partial charge in [0, 0.05) is 11.1 Å². The molecule has 0 aliphatic rings. The van der Waals surface area contributed by atoms with Gasteiger partial charge >= 0.3 is 5.97 Å². The van der Waals surface area contributed by atoms with E-state index in [0.29, 0.717) is 10.9 Å². The second-order valence-corrected chi connectivity index (χ2v) is 4.55. The van der Waals surface area contributed by atoms with Crippen LogP contribution in [0.5, 0.6) is 0 Å². The third kappa shape index (κ3) is 3.22. The van der Waals surface area contributed by atoms with E-state index in [-0.39, 0.29) is 6.42 Å². The number of aliphatic carboxylic acids is 1. The zero-order valence-corrected chi connectivity index (χ0v) is 10.2. The van der Waals surface area contributed by atoms with Crippen LogP contribution < -0.4 is 5.73 Å². The molecule has 0 fully saturated rings. The maximum atomic E-state index is 10.5. The Kier molecular flexibility index (Phi) is 4.33. The molecule has 16 heavy (non-hydrogen) atoms. The molecule has 1 aromatic carbocycles. The van der Waals surface area contributed by atoms with Crippen LogP contribution in [0.3, 0.4) is 0 Å². The molecule has 0 saturated carbocycles. The number of rotatable bonds is 4. The van der Waals surface area contributed by atoms with E-state index in [1.807, 2.05) is 12.1 Å². The Bertz CT molecular complexity index is 391. The summed E-state index contributed by atoms with van der Waals surface area (Å²) in [7, 11) is 0. The van der Waals surface area contributed by atoms with Crippen LogP contribution in [-0.2, 0) is 4.79 Å². The van der Waals surface area contributed by atoms with Gasteiger partial charge in [-0.1, -0.05) is 37.6 Å². The van der Waals surface area contributed by atoms with Gasteiger partial charge in [0.1, 0.15) is 0 Å². The van der Waals surface area contributed by atoms with Crippen molar-refractivity contribution >= 4 is 17.6 Å². The van der Waals surface area contributed by atoms with Crippen molar-refractivity contribution < 1.29 is 9.90 Å². The molecule has 0 aliphatic carbocycles. The van der Waals surface area contributed by atoms with Crippen LogP contribution in [0.4, 0.5) is 0 Å². The third-order valence-electron chi connectivity index (χ3n) is 2.47. The number of carbonyl (C=O) groups is 1. The Hall–Kier alpha value is -1.06. The molecule has 0 saturated heterocycles. The predicted octanol–water partition coefficient (Wildman–Crippen LogP) is 2.94. The van der Waals surface area contributed by atoms with Crippen LogP contribution in [0.1, 0.15) is 43.4 Å². The van der Waals surface area contributed by atoms with Gasteiger partial charge in [0.05, 0.1) is 6.42 Å². The maximum Gasteiger partial charge on any atom is 0.305 e. The lowest BCUT2D eigenvalue weighted by molar-refractivity contribution is -0.137. The average Bonchev–Trinajstić information content (AvgIpc) is 2.15. The molecule has 0 bridgehead atoms. The predicted molar refractivity (Wildman–Crippen MR) is 64.7 cm³/mol. The van der Waals surface area contributed by atoms with E-state index in [1.165, 1.54) is 0 Å². The topological polar surface area (TPSA) is 63.3 Å². The summed E-state index contributed by atoms with van der Waals surface area (Å²) in [5.41, 5.74) is 7.56. The van der Waals surface area contributed by atoms with Crippen molar-refractivity contribution in [1.82, 2.24) is 0 Å². The standard InChI is InChI=1S/C12H16ClNO2/c1-7(2)9-4-3-8(5-10(9)13)11(14)6-12(15)16/h3-5,7,11H,6,14H2,1-2H3,(H,15,16). The highest BCUT2D eigenvalue weighted by Crippen LogP contribution is 2.27. The van der Waals surface area contributed by atoms with Gasteiger partial charge in [0.25, 0.3) is 0 Å². The minimum absolute atomic E-state index is 0.0860. The number of benzene rings is 1. The fraction of sp³-hybridized carbons (Fsp3) is 0.417. The molecule has 0 aromatic heterocycles. The molecule has 1 aromatic rings. The van der Waals surface area contributed by atoms with Crippen molar-refractivity contribution in [2.45, 2.75) is 32.2 Å². The van der Waals surface area contributed by atoms with Gasteiger partial charge in [-0.25, -0.2) is 0 Å². The molecule has 0 radical (unpaired) electrons. The first-order chi connectivity index (χ1) is 7.41. The van der Waals surface area contributed by atoms with Crippen molar-refractivity contribution in [3.63, 3.8) is 0 Å². The van der Waals surface area contributed by atoms with Gasteiger partial charge in [-0.2, -0.15) is 0 Å². The Morgan fingerprint density at radius 3 is 2.56 bits per heavy atom. The van der Waals surface area contributed by atoms with Crippen LogP contribution in [0, 0.1) is 0 Å².